The predicted molar refractivity (Wildman–Crippen MR) is 56.6 cm³/mol. The van der Waals surface area contributed by atoms with Crippen LogP contribution >= 0.6 is 15.9 Å². The van der Waals surface area contributed by atoms with Crippen LogP contribution in [0.4, 0.5) is 0 Å². The zero-order chi connectivity index (χ0) is 11.2. The van der Waals surface area contributed by atoms with Gasteiger partial charge in [0.2, 0.25) is 0 Å². The molecule has 0 saturated heterocycles. The molecule has 1 aromatic rings. The average Bonchev–Trinajstić information content (AvgIpc) is 2.52. The molecule has 2 rings (SSSR count). The van der Waals surface area contributed by atoms with E-state index in [2.05, 4.69) is 15.9 Å². The molecule has 0 amide bonds. The van der Waals surface area contributed by atoms with Crippen molar-refractivity contribution in [1.29, 1.82) is 0 Å². The summed E-state index contributed by atoms with van der Waals surface area (Å²) in [6, 6.07) is 1.36. The first-order chi connectivity index (χ1) is 7.00. The minimum absolute atomic E-state index is 0.0137. The normalized spacial score (nSPS) is 18.4. The third-order valence-electron chi connectivity index (χ3n) is 2.35. The van der Waals surface area contributed by atoms with E-state index in [0.717, 1.165) is 5.56 Å². The van der Waals surface area contributed by atoms with Crippen molar-refractivity contribution in [2.24, 2.45) is 0 Å². The van der Waals surface area contributed by atoms with Gasteiger partial charge in [-0.05, 0) is 28.9 Å². The number of ether oxygens (including phenoxy) is 1. The van der Waals surface area contributed by atoms with E-state index in [1.807, 2.05) is 6.92 Å². The second kappa shape index (κ2) is 3.41. The van der Waals surface area contributed by atoms with Crippen LogP contribution in [0.2, 0.25) is 0 Å². The number of halogens is 1. The summed E-state index contributed by atoms with van der Waals surface area (Å²) in [5.74, 6) is -0.873. The smallest absolute Gasteiger partial charge is 0.339 e. The maximum atomic E-state index is 10.8. The second-order valence-electron chi connectivity index (χ2n) is 3.50. The third kappa shape index (κ3) is 1.56. The highest BCUT2D eigenvalue weighted by molar-refractivity contribution is 9.10. The van der Waals surface area contributed by atoms with E-state index < -0.39 is 5.97 Å². The molecule has 15 heavy (non-hydrogen) atoms. The van der Waals surface area contributed by atoms with Crippen LogP contribution in [0.15, 0.2) is 10.5 Å². The minimum Gasteiger partial charge on any atom is -0.506 e. The molecule has 2 N–H and O–H groups in total. The van der Waals surface area contributed by atoms with E-state index in [4.69, 9.17) is 9.84 Å². The Morgan fingerprint density at radius 3 is 2.93 bits per heavy atom. The molecule has 1 aliphatic heterocycles. The predicted octanol–water partition coefficient (Wildman–Crippen LogP) is 2.18. The van der Waals surface area contributed by atoms with Gasteiger partial charge in [-0.15, -0.1) is 0 Å². The van der Waals surface area contributed by atoms with Gasteiger partial charge in [-0.1, -0.05) is 0 Å². The van der Waals surface area contributed by atoms with Gasteiger partial charge in [-0.3, -0.25) is 0 Å². The summed E-state index contributed by atoms with van der Waals surface area (Å²) in [6.45, 7) is 1.89. The van der Waals surface area contributed by atoms with Gasteiger partial charge in [0.1, 0.15) is 23.2 Å². The Labute approximate surface area is 94.6 Å². The van der Waals surface area contributed by atoms with Crippen molar-refractivity contribution >= 4 is 21.9 Å². The molecule has 1 heterocycles. The van der Waals surface area contributed by atoms with Crippen LogP contribution in [0, 0.1) is 0 Å². The molecule has 0 saturated carbocycles. The van der Waals surface area contributed by atoms with Gasteiger partial charge in [0.25, 0.3) is 0 Å². The maximum absolute atomic E-state index is 10.8. The fourth-order valence-electron chi connectivity index (χ4n) is 1.66. The van der Waals surface area contributed by atoms with E-state index in [0.29, 0.717) is 16.6 Å². The number of hydrogen-bond donors (Lipinski definition) is 2. The Morgan fingerprint density at radius 1 is 1.67 bits per heavy atom. The second-order valence-corrected chi connectivity index (χ2v) is 4.29. The Balaban J connectivity index is 2.62. The first-order valence-corrected chi connectivity index (χ1v) is 5.24. The van der Waals surface area contributed by atoms with Crippen LogP contribution < -0.4 is 4.74 Å². The summed E-state index contributed by atoms with van der Waals surface area (Å²) in [6.07, 6.45) is 0.684. The standard InChI is InChI=1S/C10H9BrO4/c1-4-2-5-7(15-4)3-6(10(13)14)9(12)8(5)11/h3-4,12H,2H2,1H3,(H,13,14). The Kier molecular flexibility index (Phi) is 2.34. The number of hydrogen-bond acceptors (Lipinski definition) is 3. The van der Waals surface area contributed by atoms with Gasteiger partial charge in [0, 0.05) is 12.0 Å². The number of rotatable bonds is 1. The van der Waals surface area contributed by atoms with Crippen molar-refractivity contribution in [2.45, 2.75) is 19.4 Å². The molecular weight excluding hydrogens is 264 g/mol. The Morgan fingerprint density at radius 2 is 2.33 bits per heavy atom. The zero-order valence-electron chi connectivity index (χ0n) is 7.95. The molecule has 0 spiro atoms. The molecule has 80 valence electrons. The van der Waals surface area contributed by atoms with Crippen molar-refractivity contribution in [3.8, 4) is 11.5 Å². The third-order valence-corrected chi connectivity index (χ3v) is 3.21. The van der Waals surface area contributed by atoms with Crippen LogP contribution in [0.3, 0.4) is 0 Å². The molecule has 0 aliphatic carbocycles. The molecule has 0 fully saturated rings. The lowest BCUT2D eigenvalue weighted by molar-refractivity contribution is 0.0693. The van der Waals surface area contributed by atoms with Gasteiger partial charge < -0.3 is 14.9 Å². The fourth-order valence-corrected chi connectivity index (χ4v) is 2.23. The molecule has 1 aliphatic rings. The summed E-state index contributed by atoms with van der Waals surface area (Å²) >= 11 is 3.18. The molecule has 0 bridgehead atoms. The fraction of sp³-hybridized carbons (Fsp3) is 0.300. The molecule has 4 nitrogen and oxygen atoms in total. The monoisotopic (exact) mass is 272 g/mol. The quantitative estimate of drug-likeness (QED) is 0.823. The summed E-state index contributed by atoms with van der Waals surface area (Å²) in [7, 11) is 0. The number of carboxylic acids is 1. The van der Waals surface area contributed by atoms with Gasteiger partial charge in [-0.2, -0.15) is 0 Å². The average molecular weight is 273 g/mol. The largest absolute Gasteiger partial charge is 0.506 e. The number of fused-ring (bicyclic) bond motifs is 1. The molecular formula is C10H9BrO4. The number of phenols is 1. The lowest BCUT2D eigenvalue weighted by atomic mass is 10.1. The van der Waals surface area contributed by atoms with Gasteiger partial charge in [-0.25, -0.2) is 4.79 Å². The first kappa shape index (κ1) is 10.3. The highest BCUT2D eigenvalue weighted by Crippen LogP contribution is 2.42. The summed E-state index contributed by atoms with van der Waals surface area (Å²) in [4.78, 5) is 10.8. The van der Waals surface area contributed by atoms with E-state index in [1.165, 1.54) is 6.07 Å². The SMILES string of the molecule is CC1Cc2c(cc(C(=O)O)c(O)c2Br)O1. The number of benzene rings is 1. The topological polar surface area (TPSA) is 66.8 Å². The van der Waals surface area contributed by atoms with Crippen molar-refractivity contribution in [3.63, 3.8) is 0 Å². The molecule has 1 aromatic carbocycles. The van der Waals surface area contributed by atoms with Crippen molar-refractivity contribution in [1.82, 2.24) is 0 Å². The van der Waals surface area contributed by atoms with Crippen molar-refractivity contribution in [3.05, 3.63) is 21.7 Å². The molecule has 5 heteroatoms. The first-order valence-electron chi connectivity index (χ1n) is 4.45. The highest BCUT2D eigenvalue weighted by Gasteiger charge is 2.27. The van der Waals surface area contributed by atoms with Crippen LogP contribution in [-0.2, 0) is 6.42 Å². The number of aromatic carboxylic acids is 1. The minimum atomic E-state index is -1.17. The molecule has 1 unspecified atom stereocenters. The molecule has 0 radical (unpaired) electrons. The van der Waals surface area contributed by atoms with Gasteiger partial charge >= 0.3 is 5.97 Å². The lowest BCUT2D eigenvalue weighted by Gasteiger charge is -2.07. The Bertz CT molecular complexity index is 442. The van der Waals surface area contributed by atoms with E-state index >= 15 is 0 Å². The summed E-state index contributed by atoms with van der Waals surface area (Å²) in [5.41, 5.74) is 0.680. The Hall–Kier alpha value is -1.23. The maximum Gasteiger partial charge on any atom is 0.339 e. The van der Waals surface area contributed by atoms with Crippen LogP contribution in [0.5, 0.6) is 11.5 Å². The van der Waals surface area contributed by atoms with Gasteiger partial charge in [0.15, 0.2) is 0 Å². The van der Waals surface area contributed by atoms with Crippen LogP contribution in [-0.4, -0.2) is 22.3 Å². The summed E-state index contributed by atoms with van der Waals surface area (Å²) < 4.78 is 5.85. The molecule has 1 atom stereocenters. The van der Waals surface area contributed by atoms with Crippen molar-refractivity contribution < 1.29 is 19.7 Å². The number of carbonyl (C=O) groups is 1. The highest BCUT2D eigenvalue weighted by atomic mass is 79.9. The zero-order valence-corrected chi connectivity index (χ0v) is 9.54. The molecule has 0 aromatic heterocycles. The lowest BCUT2D eigenvalue weighted by Crippen LogP contribution is -2.05. The number of aromatic hydroxyl groups is 1. The van der Waals surface area contributed by atoms with Crippen LogP contribution in [0.25, 0.3) is 0 Å². The van der Waals surface area contributed by atoms with E-state index in [1.54, 1.807) is 0 Å². The number of carboxylic acid groups (broad SMARTS) is 1. The van der Waals surface area contributed by atoms with Crippen LogP contribution in [0.1, 0.15) is 22.8 Å². The van der Waals surface area contributed by atoms with Crippen molar-refractivity contribution in [2.75, 3.05) is 0 Å². The van der Waals surface area contributed by atoms with Gasteiger partial charge in [0.05, 0.1) is 4.47 Å². The summed E-state index contributed by atoms with van der Waals surface area (Å²) in [5, 5.41) is 18.5. The van der Waals surface area contributed by atoms with E-state index in [-0.39, 0.29) is 17.4 Å². The van der Waals surface area contributed by atoms with E-state index in [9.17, 15) is 9.90 Å².